The van der Waals surface area contributed by atoms with Crippen LogP contribution in [0.3, 0.4) is 0 Å². The highest BCUT2D eigenvalue weighted by Crippen LogP contribution is 2.26. The van der Waals surface area contributed by atoms with E-state index in [1.807, 2.05) is 37.3 Å². The topological polar surface area (TPSA) is 129 Å². The van der Waals surface area contributed by atoms with E-state index < -0.39 is 5.91 Å². The van der Waals surface area contributed by atoms with Gasteiger partial charge >= 0.3 is 0 Å². The summed E-state index contributed by atoms with van der Waals surface area (Å²) in [6.07, 6.45) is 1.50. The van der Waals surface area contributed by atoms with Crippen LogP contribution < -0.4 is 11.1 Å². The lowest BCUT2D eigenvalue weighted by atomic mass is 10.2. The molecule has 154 valence electrons. The van der Waals surface area contributed by atoms with Crippen LogP contribution >= 0.6 is 11.8 Å². The second-order valence-electron chi connectivity index (χ2n) is 6.60. The molecule has 0 bridgehead atoms. The van der Waals surface area contributed by atoms with Crippen molar-refractivity contribution in [3.63, 3.8) is 0 Å². The molecule has 0 aliphatic rings. The summed E-state index contributed by atoms with van der Waals surface area (Å²) in [5.41, 5.74) is 6.12. The molecule has 0 unspecified atom stereocenters. The van der Waals surface area contributed by atoms with Crippen molar-refractivity contribution in [3.05, 3.63) is 54.5 Å². The van der Waals surface area contributed by atoms with Crippen molar-refractivity contribution in [2.24, 2.45) is 5.73 Å². The lowest BCUT2D eigenvalue weighted by Crippen LogP contribution is -2.28. The molecule has 4 aromatic rings. The molecule has 0 aliphatic carbocycles. The van der Waals surface area contributed by atoms with Crippen LogP contribution in [0.1, 0.15) is 18.7 Å². The molecule has 4 rings (SSSR count). The maximum Gasteiger partial charge on any atom is 0.237 e. The number of nitrogens with zero attached hydrogens (tertiary/aromatic N) is 3. The molecule has 0 spiro atoms. The Balaban J connectivity index is 1.42. The van der Waals surface area contributed by atoms with Crippen LogP contribution in [-0.2, 0) is 16.1 Å². The number of furan rings is 2. The third kappa shape index (κ3) is 4.23. The van der Waals surface area contributed by atoms with Crippen LogP contribution in [0.25, 0.3) is 22.6 Å². The molecule has 30 heavy (non-hydrogen) atoms. The fourth-order valence-corrected chi connectivity index (χ4v) is 3.73. The Kier molecular flexibility index (Phi) is 5.57. The average Bonchev–Trinajstić information content (AvgIpc) is 3.45. The average molecular weight is 425 g/mol. The molecule has 1 aromatic carbocycles. The summed E-state index contributed by atoms with van der Waals surface area (Å²) in [6.45, 7) is 1.73. The molecule has 3 aromatic heterocycles. The van der Waals surface area contributed by atoms with E-state index in [0.717, 1.165) is 22.7 Å². The zero-order valence-corrected chi connectivity index (χ0v) is 16.9. The Labute approximate surface area is 175 Å². The summed E-state index contributed by atoms with van der Waals surface area (Å²) in [5, 5.41) is 12.4. The number of hydrogen-bond donors (Lipinski definition) is 2. The van der Waals surface area contributed by atoms with Gasteiger partial charge in [-0.2, -0.15) is 0 Å². The fourth-order valence-electron chi connectivity index (χ4n) is 2.98. The number of nitrogens with one attached hydrogen (secondary N) is 1. The molecule has 9 nitrogen and oxygen atoms in total. The number of para-hydroxylation sites is 1. The second-order valence-corrected chi connectivity index (χ2v) is 7.54. The van der Waals surface area contributed by atoms with Gasteiger partial charge in [-0.1, -0.05) is 30.0 Å². The van der Waals surface area contributed by atoms with Gasteiger partial charge in [0.25, 0.3) is 0 Å². The van der Waals surface area contributed by atoms with Gasteiger partial charge in [0.2, 0.25) is 17.6 Å². The van der Waals surface area contributed by atoms with Crippen molar-refractivity contribution in [1.29, 1.82) is 0 Å². The van der Waals surface area contributed by atoms with E-state index in [1.165, 1.54) is 10.8 Å². The van der Waals surface area contributed by atoms with Gasteiger partial charge in [0, 0.05) is 5.39 Å². The van der Waals surface area contributed by atoms with E-state index in [2.05, 4.69) is 15.5 Å². The van der Waals surface area contributed by atoms with Gasteiger partial charge in [-0.15, -0.1) is 10.2 Å². The minimum Gasteiger partial charge on any atom is -0.461 e. The van der Waals surface area contributed by atoms with Gasteiger partial charge in [0.1, 0.15) is 17.9 Å². The number of carbonyl (C=O) groups excluding carboxylic acids is 2. The van der Waals surface area contributed by atoms with Gasteiger partial charge in [-0.25, -0.2) is 0 Å². The summed E-state index contributed by atoms with van der Waals surface area (Å²) >= 11 is 1.15. The highest BCUT2D eigenvalue weighted by atomic mass is 32.2. The van der Waals surface area contributed by atoms with Crippen molar-refractivity contribution >= 4 is 34.5 Å². The number of fused-ring (bicyclic) bond motifs is 1. The van der Waals surface area contributed by atoms with Gasteiger partial charge in [0.15, 0.2) is 10.9 Å². The lowest BCUT2D eigenvalue weighted by Gasteiger charge is -2.11. The molecule has 0 saturated carbocycles. The molecular weight excluding hydrogens is 406 g/mol. The first-order valence-electron chi connectivity index (χ1n) is 9.17. The number of nitrogens with two attached hydrogens (primary N) is 1. The number of amides is 2. The van der Waals surface area contributed by atoms with Gasteiger partial charge in [0.05, 0.1) is 18.1 Å². The summed E-state index contributed by atoms with van der Waals surface area (Å²) < 4.78 is 12.7. The Morgan fingerprint density at radius 3 is 2.80 bits per heavy atom. The number of aromatic nitrogens is 3. The Bertz CT molecular complexity index is 1150. The number of thioether (sulfide) groups is 1. The van der Waals surface area contributed by atoms with Crippen molar-refractivity contribution in [2.75, 3.05) is 5.75 Å². The SMILES string of the molecule is C[C@@H](NC(=O)CSc1nnc(-c2ccco2)n1CC(N)=O)c1cc2ccccc2o1. The highest BCUT2D eigenvalue weighted by Gasteiger charge is 2.20. The molecule has 3 heterocycles. The van der Waals surface area contributed by atoms with Gasteiger partial charge in [-0.3, -0.25) is 14.2 Å². The number of hydrogen-bond acceptors (Lipinski definition) is 7. The number of benzene rings is 1. The van der Waals surface area contributed by atoms with E-state index in [1.54, 1.807) is 12.1 Å². The Morgan fingerprint density at radius 2 is 2.07 bits per heavy atom. The van der Waals surface area contributed by atoms with Crippen molar-refractivity contribution in [1.82, 2.24) is 20.1 Å². The van der Waals surface area contributed by atoms with Crippen LogP contribution in [-0.4, -0.2) is 32.3 Å². The zero-order valence-electron chi connectivity index (χ0n) is 16.1. The summed E-state index contributed by atoms with van der Waals surface area (Å²) in [4.78, 5) is 23.9. The molecule has 0 aliphatic heterocycles. The third-order valence-corrected chi connectivity index (χ3v) is 5.32. The van der Waals surface area contributed by atoms with E-state index in [4.69, 9.17) is 14.6 Å². The minimum absolute atomic E-state index is 0.0830. The van der Waals surface area contributed by atoms with Crippen LogP contribution in [0, 0.1) is 0 Å². The lowest BCUT2D eigenvalue weighted by molar-refractivity contribution is -0.119. The van der Waals surface area contributed by atoms with E-state index >= 15 is 0 Å². The van der Waals surface area contributed by atoms with E-state index in [0.29, 0.717) is 22.5 Å². The molecule has 0 radical (unpaired) electrons. The normalized spacial score (nSPS) is 12.2. The Hall–Kier alpha value is -3.53. The summed E-state index contributed by atoms with van der Waals surface area (Å²) in [7, 11) is 0. The molecule has 3 N–H and O–H groups in total. The third-order valence-electron chi connectivity index (χ3n) is 4.35. The Morgan fingerprint density at radius 1 is 1.23 bits per heavy atom. The van der Waals surface area contributed by atoms with E-state index in [-0.39, 0.29) is 24.2 Å². The van der Waals surface area contributed by atoms with Crippen LogP contribution in [0.4, 0.5) is 0 Å². The monoisotopic (exact) mass is 425 g/mol. The molecular formula is C20H19N5O4S. The molecule has 0 fully saturated rings. The summed E-state index contributed by atoms with van der Waals surface area (Å²) in [6, 6.07) is 12.7. The standard InChI is InChI=1S/C20H19N5O4S/c1-12(16-9-13-5-2-3-6-14(13)29-16)22-18(27)11-30-20-24-23-19(15-7-4-8-28-15)25(20)10-17(21)26/h2-9,12H,10-11H2,1H3,(H2,21,26)(H,22,27)/t12-/m1/s1. The molecule has 2 amide bonds. The first kappa shape index (κ1) is 19.8. The highest BCUT2D eigenvalue weighted by molar-refractivity contribution is 7.99. The first-order chi connectivity index (χ1) is 14.5. The maximum atomic E-state index is 12.4. The van der Waals surface area contributed by atoms with Crippen LogP contribution in [0.5, 0.6) is 0 Å². The van der Waals surface area contributed by atoms with E-state index in [9.17, 15) is 9.59 Å². The number of primary amides is 1. The predicted molar refractivity (Wildman–Crippen MR) is 110 cm³/mol. The zero-order chi connectivity index (χ0) is 21.1. The second kappa shape index (κ2) is 8.46. The van der Waals surface area contributed by atoms with Crippen molar-refractivity contribution in [2.45, 2.75) is 24.7 Å². The number of rotatable bonds is 8. The van der Waals surface area contributed by atoms with Crippen molar-refractivity contribution < 1.29 is 18.4 Å². The maximum absolute atomic E-state index is 12.4. The quantitative estimate of drug-likeness (QED) is 0.415. The summed E-state index contributed by atoms with van der Waals surface area (Å²) in [5.74, 6) is 0.829. The van der Waals surface area contributed by atoms with Crippen molar-refractivity contribution in [3.8, 4) is 11.6 Å². The van der Waals surface area contributed by atoms with Gasteiger partial charge < -0.3 is 19.9 Å². The molecule has 0 saturated heterocycles. The number of carbonyl (C=O) groups is 2. The smallest absolute Gasteiger partial charge is 0.237 e. The predicted octanol–water partition coefficient (Wildman–Crippen LogP) is 2.74. The van der Waals surface area contributed by atoms with Gasteiger partial charge in [-0.05, 0) is 31.2 Å². The van der Waals surface area contributed by atoms with Crippen LogP contribution in [0.15, 0.2) is 62.7 Å². The van der Waals surface area contributed by atoms with Crippen LogP contribution in [0.2, 0.25) is 0 Å². The first-order valence-corrected chi connectivity index (χ1v) is 10.2. The largest absolute Gasteiger partial charge is 0.461 e. The molecule has 1 atom stereocenters. The minimum atomic E-state index is -0.549. The fraction of sp³-hybridized carbons (Fsp3) is 0.200. The molecule has 10 heteroatoms.